The van der Waals surface area contributed by atoms with Gasteiger partial charge in [0.1, 0.15) is 13.2 Å². The van der Waals surface area contributed by atoms with Gasteiger partial charge in [-0.05, 0) is 39.7 Å². The Balaban J connectivity index is 4.71. The number of nitro groups is 1. The molecular formula is C12H21NO4. The number of rotatable bonds is 7. The van der Waals surface area contributed by atoms with Crippen molar-refractivity contribution in [3.63, 3.8) is 0 Å². The Morgan fingerprint density at radius 2 is 1.82 bits per heavy atom. The molecule has 0 amide bonds. The van der Waals surface area contributed by atoms with E-state index < -0.39 is 23.7 Å². The quantitative estimate of drug-likeness (QED) is 0.405. The molecule has 0 aliphatic carbocycles. The van der Waals surface area contributed by atoms with E-state index in [0.29, 0.717) is 6.42 Å². The first-order valence-corrected chi connectivity index (χ1v) is 5.56. The number of allylic oxidation sites excluding steroid dienone is 3. The lowest BCUT2D eigenvalue weighted by molar-refractivity contribution is -0.562. The zero-order chi connectivity index (χ0) is 13.5. The lowest BCUT2D eigenvalue weighted by Crippen LogP contribution is -2.44. The van der Waals surface area contributed by atoms with E-state index in [1.54, 1.807) is 6.92 Å². The SMILES string of the molecule is CC(C)=CCC/C(C)=C/C(CO)(CO)[N+](=O)[O-]. The Bertz CT molecular complexity index is 312. The topological polar surface area (TPSA) is 83.6 Å². The second kappa shape index (κ2) is 7.19. The summed E-state index contributed by atoms with van der Waals surface area (Å²) in [6, 6.07) is 0. The molecule has 0 aliphatic heterocycles. The van der Waals surface area contributed by atoms with Crippen molar-refractivity contribution in [2.45, 2.75) is 39.2 Å². The van der Waals surface area contributed by atoms with Crippen LogP contribution in [0.15, 0.2) is 23.3 Å². The van der Waals surface area contributed by atoms with Gasteiger partial charge in [0, 0.05) is 4.92 Å². The standard InChI is InChI=1S/C12H21NO4/c1-10(2)5-4-6-11(3)7-12(8-14,9-15)13(16)17/h5,7,14-15H,4,6,8-9H2,1-3H3/b11-7+. The van der Waals surface area contributed by atoms with E-state index in [4.69, 9.17) is 10.2 Å². The van der Waals surface area contributed by atoms with Crippen LogP contribution < -0.4 is 0 Å². The number of hydrogen-bond acceptors (Lipinski definition) is 4. The summed E-state index contributed by atoms with van der Waals surface area (Å²) in [6.07, 6.45) is 4.88. The maximum atomic E-state index is 10.8. The molecule has 2 N–H and O–H groups in total. The Morgan fingerprint density at radius 3 is 2.18 bits per heavy atom. The van der Waals surface area contributed by atoms with E-state index in [0.717, 1.165) is 12.0 Å². The molecular weight excluding hydrogens is 222 g/mol. The molecule has 0 heterocycles. The van der Waals surface area contributed by atoms with Crippen molar-refractivity contribution in [3.05, 3.63) is 33.4 Å². The van der Waals surface area contributed by atoms with E-state index in [1.165, 1.54) is 11.6 Å². The van der Waals surface area contributed by atoms with Gasteiger partial charge in [-0.2, -0.15) is 0 Å². The van der Waals surface area contributed by atoms with Crippen LogP contribution in [0, 0.1) is 10.1 Å². The Kier molecular flexibility index (Phi) is 6.68. The molecule has 0 saturated carbocycles. The summed E-state index contributed by atoms with van der Waals surface area (Å²) in [7, 11) is 0. The first-order chi connectivity index (χ1) is 7.88. The highest BCUT2D eigenvalue weighted by molar-refractivity contribution is 5.10. The predicted octanol–water partition coefficient (Wildman–Crippen LogP) is 1.68. The van der Waals surface area contributed by atoms with Gasteiger partial charge in [-0.15, -0.1) is 0 Å². The highest BCUT2D eigenvalue weighted by Crippen LogP contribution is 2.16. The normalized spacial score (nSPS) is 12.4. The maximum Gasteiger partial charge on any atom is 0.285 e. The minimum Gasteiger partial charge on any atom is -0.388 e. The number of hydrogen-bond donors (Lipinski definition) is 2. The summed E-state index contributed by atoms with van der Waals surface area (Å²) in [4.78, 5) is 10.2. The fraction of sp³-hybridized carbons (Fsp3) is 0.667. The Hall–Kier alpha value is -1.20. The van der Waals surface area contributed by atoms with Crippen molar-refractivity contribution in [1.82, 2.24) is 0 Å². The molecule has 0 aliphatic rings. The fourth-order valence-corrected chi connectivity index (χ4v) is 1.43. The van der Waals surface area contributed by atoms with Crippen LogP contribution in [0.25, 0.3) is 0 Å². The van der Waals surface area contributed by atoms with Crippen LogP contribution in [0.5, 0.6) is 0 Å². The van der Waals surface area contributed by atoms with Gasteiger partial charge in [-0.3, -0.25) is 10.1 Å². The first-order valence-electron chi connectivity index (χ1n) is 5.56. The minimum atomic E-state index is -1.75. The van der Waals surface area contributed by atoms with Gasteiger partial charge >= 0.3 is 0 Å². The van der Waals surface area contributed by atoms with Crippen molar-refractivity contribution in [1.29, 1.82) is 0 Å². The molecule has 0 aromatic rings. The van der Waals surface area contributed by atoms with Crippen LogP contribution in [0.3, 0.4) is 0 Å². The van der Waals surface area contributed by atoms with Gasteiger partial charge in [0.2, 0.25) is 0 Å². The lowest BCUT2D eigenvalue weighted by Gasteiger charge is -2.17. The van der Waals surface area contributed by atoms with E-state index in [2.05, 4.69) is 0 Å². The Morgan fingerprint density at radius 1 is 1.29 bits per heavy atom. The maximum absolute atomic E-state index is 10.8. The van der Waals surface area contributed by atoms with Crippen molar-refractivity contribution in [2.24, 2.45) is 0 Å². The lowest BCUT2D eigenvalue weighted by atomic mass is 9.97. The Labute approximate surface area is 102 Å². The summed E-state index contributed by atoms with van der Waals surface area (Å²) >= 11 is 0. The molecule has 0 atom stereocenters. The van der Waals surface area contributed by atoms with Crippen LogP contribution in [-0.4, -0.2) is 33.9 Å². The molecule has 0 aromatic carbocycles. The molecule has 0 radical (unpaired) electrons. The second-order valence-electron chi connectivity index (χ2n) is 4.49. The molecule has 5 heteroatoms. The third-order valence-electron chi connectivity index (χ3n) is 2.52. The van der Waals surface area contributed by atoms with Crippen LogP contribution >= 0.6 is 0 Å². The van der Waals surface area contributed by atoms with Crippen molar-refractivity contribution < 1.29 is 15.1 Å². The molecule has 5 nitrogen and oxygen atoms in total. The van der Waals surface area contributed by atoms with E-state index >= 15 is 0 Å². The van der Waals surface area contributed by atoms with Gasteiger partial charge in [0.15, 0.2) is 0 Å². The largest absolute Gasteiger partial charge is 0.388 e. The number of aliphatic hydroxyl groups excluding tert-OH is 2. The van der Waals surface area contributed by atoms with Gasteiger partial charge in [-0.1, -0.05) is 17.2 Å². The van der Waals surface area contributed by atoms with E-state index in [-0.39, 0.29) is 0 Å². The van der Waals surface area contributed by atoms with Gasteiger partial charge in [-0.25, -0.2) is 0 Å². The monoisotopic (exact) mass is 243 g/mol. The van der Waals surface area contributed by atoms with Crippen molar-refractivity contribution in [3.8, 4) is 0 Å². The summed E-state index contributed by atoms with van der Waals surface area (Å²) in [6.45, 7) is 4.35. The third kappa shape index (κ3) is 5.10. The smallest absolute Gasteiger partial charge is 0.285 e. The van der Waals surface area contributed by atoms with E-state index in [1.807, 2.05) is 19.9 Å². The number of aliphatic hydroxyl groups is 2. The van der Waals surface area contributed by atoms with Gasteiger partial charge < -0.3 is 10.2 Å². The highest BCUT2D eigenvalue weighted by atomic mass is 16.6. The van der Waals surface area contributed by atoms with Crippen LogP contribution in [0.4, 0.5) is 0 Å². The molecule has 0 spiro atoms. The fourth-order valence-electron chi connectivity index (χ4n) is 1.43. The van der Waals surface area contributed by atoms with E-state index in [9.17, 15) is 10.1 Å². The van der Waals surface area contributed by atoms with Crippen molar-refractivity contribution >= 4 is 0 Å². The molecule has 0 rings (SSSR count). The average Bonchev–Trinajstić information content (AvgIpc) is 2.25. The zero-order valence-electron chi connectivity index (χ0n) is 10.6. The molecule has 0 saturated heterocycles. The molecule has 0 aromatic heterocycles. The summed E-state index contributed by atoms with van der Waals surface area (Å²) < 4.78 is 0. The first kappa shape index (κ1) is 15.8. The minimum absolute atomic E-state index is 0.641. The summed E-state index contributed by atoms with van der Waals surface area (Å²) in [5, 5.41) is 28.9. The van der Waals surface area contributed by atoms with Gasteiger partial charge in [0.25, 0.3) is 5.54 Å². The molecule has 0 fully saturated rings. The summed E-state index contributed by atoms with van der Waals surface area (Å²) in [5.41, 5.74) is 0.236. The van der Waals surface area contributed by atoms with Crippen LogP contribution in [-0.2, 0) is 0 Å². The molecule has 0 unspecified atom stereocenters. The predicted molar refractivity (Wildman–Crippen MR) is 66.3 cm³/mol. The van der Waals surface area contributed by atoms with Crippen molar-refractivity contribution in [2.75, 3.05) is 13.2 Å². The van der Waals surface area contributed by atoms with Crippen LogP contribution in [0.2, 0.25) is 0 Å². The second-order valence-corrected chi connectivity index (χ2v) is 4.49. The molecule has 17 heavy (non-hydrogen) atoms. The molecule has 98 valence electrons. The van der Waals surface area contributed by atoms with Crippen LogP contribution in [0.1, 0.15) is 33.6 Å². The number of nitrogens with zero attached hydrogens (tertiary/aromatic N) is 1. The average molecular weight is 243 g/mol. The highest BCUT2D eigenvalue weighted by Gasteiger charge is 2.39. The third-order valence-corrected chi connectivity index (χ3v) is 2.52. The zero-order valence-corrected chi connectivity index (χ0v) is 10.6. The van der Waals surface area contributed by atoms with Gasteiger partial charge in [0.05, 0.1) is 0 Å². The summed E-state index contributed by atoms with van der Waals surface area (Å²) in [5.74, 6) is 0. The molecule has 0 bridgehead atoms.